The zero-order chi connectivity index (χ0) is 16.5. The van der Waals surface area contributed by atoms with Crippen molar-refractivity contribution in [2.45, 2.75) is 36.1 Å². The summed E-state index contributed by atoms with van der Waals surface area (Å²) < 4.78 is 56.7. The second kappa shape index (κ2) is 5.78. The Kier molecular flexibility index (Phi) is 4.35. The number of ether oxygens (including phenoxy) is 1. The molecular formula is C14H15F2NO4S. The summed E-state index contributed by atoms with van der Waals surface area (Å²) in [7, 11) is -2.96. The first kappa shape index (κ1) is 16.6. The molecule has 0 atom stereocenters. The van der Waals surface area contributed by atoms with Crippen molar-refractivity contribution in [3.8, 4) is 5.75 Å². The molecule has 0 saturated heterocycles. The normalized spacial score (nSPS) is 17.1. The summed E-state index contributed by atoms with van der Waals surface area (Å²) in [5, 5.41) is 0. The maximum absolute atomic E-state index is 14.5. The SMILES string of the molecule is COc1c(C2(N=C=O)CCCC2)cc(F)c(S(C)(=O)=O)c1F. The molecule has 0 spiro atoms. The van der Waals surface area contributed by atoms with Crippen molar-refractivity contribution in [2.24, 2.45) is 4.99 Å². The quantitative estimate of drug-likeness (QED) is 0.628. The average Bonchev–Trinajstić information content (AvgIpc) is 2.86. The number of isocyanates is 1. The Morgan fingerprint density at radius 1 is 1.32 bits per heavy atom. The molecule has 0 N–H and O–H groups in total. The smallest absolute Gasteiger partial charge is 0.235 e. The minimum absolute atomic E-state index is 0.0400. The highest BCUT2D eigenvalue weighted by Crippen LogP contribution is 2.47. The molecule has 8 heteroatoms. The predicted molar refractivity (Wildman–Crippen MR) is 74.3 cm³/mol. The zero-order valence-electron chi connectivity index (χ0n) is 12.2. The van der Waals surface area contributed by atoms with Gasteiger partial charge in [0.15, 0.2) is 21.4 Å². The number of nitrogens with zero attached hydrogens (tertiary/aromatic N) is 1. The Morgan fingerprint density at radius 2 is 1.91 bits per heavy atom. The van der Waals surface area contributed by atoms with Crippen LogP contribution in [0.25, 0.3) is 0 Å². The van der Waals surface area contributed by atoms with Crippen LogP contribution in [-0.4, -0.2) is 27.9 Å². The molecule has 0 aliphatic heterocycles. The van der Waals surface area contributed by atoms with E-state index in [0.29, 0.717) is 19.1 Å². The van der Waals surface area contributed by atoms with Gasteiger partial charge in [0.05, 0.1) is 7.11 Å². The number of halogens is 2. The van der Waals surface area contributed by atoms with Gasteiger partial charge in [-0.15, -0.1) is 0 Å². The maximum atomic E-state index is 14.5. The summed E-state index contributed by atoms with van der Waals surface area (Å²) in [4.78, 5) is 13.4. The second-order valence-electron chi connectivity index (χ2n) is 5.30. The van der Waals surface area contributed by atoms with Crippen LogP contribution in [-0.2, 0) is 20.2 Å². The van der Waals surface area contributed by atoms with Crippen LogP contribution in [0.1, 0.15) is 31.2 Å². The Bertz CT molecular complexity index is 749. The average molecular weight is 331 g/mol. The van der Waals surface area contributed by atoms with E-state index >= 15 is 0 Å². The zero-order valence-corrected chi connectivity index (χ0v) is 13.0. The molecule has 0 amide bonds. The summed E-state index contributed by atoms with van der Waals surface area (Å²) in [6.45, 7) is 0. The number of carbonyl (C=O) groups excluding carboxylic acids is 1. The van der Waals surface area contributed by atoms with Crippen molar-refractivity contribution in [3.05, 3.63) is 23.3 Å². The van der Waals surface area contributed by atoms with Crippen molar-refractivity contribution < 1.29 is 26.7 Å². The van der Waals surface area contributed by atoms with E-state index in [1.165, 1.54) is 6.08 Å². The van der Waals surface area contributed by atoms with Crippen LogP contribution in [0, 0.1) is 11.6 Å². The number of rotatable bonds is 4. The van der Waals surface area contributed by atoms with Gasteiger partial charge in [0.2, 0.25) is 6.08 Å². The summed E-state index contributed by atoms with van der Waals surface area (Å²) in [5.74, 6) is -2.92. The molecule has 22 heavy (non-hydrogen) atoms. The van der Waals surface area contributed by atoms with Gasteiger partial charge < -0.3 is 4.74 Å². The third-order valence-electron chi connectivity index (χ3n) is 3.90. The van der Waals surface area contributed by atoms with Crippen LogP contribution in [0.4, 0.5) is 8.78 Å². The Labute approximate surface area is 126 Å². The minimum atomic E-state index is -4.11. The molecule has 0 radical (unpaired) electrons. The fourth-order valence-corrected chi connectivity index (χ4v) is 3.79. The lowest BCUT2D eigenvalue weighted by Crippen LogP contribution is -2.22. The Balaban J connectivity index is 2.81. The number of hydrogen-bond acceptors (Lipinski definition) is 5. The summed E-state index contributed by atoms with van der Waals surface area (Å²) in [6, 6.07) is 0.893. The lowest BCUT2D eigenvalue weighted by atomic mass is 9.88. The summed E-state index contributed by atoms with van der Waals surface area (Å²) >= 11 is 0. The first-order valence-electron chi connectivity index (χ1n) is 6.62. The Morgan fingerprint density at radius 3 is 2.36 bits per heavy atom. The van der Waals surface area contributed by atoms with E-state index in [-0.39, 0.29) is 5.56 Å². The fraction of sp³-hybridized carbons (Fsp3) is 0.500. The lowest BCUT2D eigenvalue weighted by Gasteiger charge is -2.26. The highest BCUT2D eigenvalue weighted by molar-refractivity contribution is 7.90. The van der Waals surface area contributed by atoms with Gasteiger partial charge in [0.25, 0.3) is 0 Å². The van der Waals surface area contributed by atoms with Gasteiger partial charge in [0.1, 0.15) is 16.3 Å². The molecule has 0 unspecified atom stereocenters. The second-order valence-corrected chi connectivity index (χ2v) is 7.25. The van der Waals surface area contributed by atoms with Crippen molar-refractivity contribution in [2.75, 3.05) is 13.4 Å². The van der Waals surface area contributed by atoms with E-state index in [9.17, 15) is 22.0 Å². The van der Waals surface area contributed by atoms with Crippen molar-refractivity contribution in [1.82, 2.24) is 0 Å². The fourth-order valence-electron chi connectivity index (χ4n) is 2.96. The van der Waals surface area contributed by atoms with Crippen molar-refractivity contribution in [1.29, 1.82) is 0 Å². The van der Waals surface area contributed by atoms with E-state index < -0.39 is 37.7 Å². The molecule has 1 aliphatic carbocycles. The lowest BCUT2D eigenvalue weighted by molar-refractivity contribution is 0.346. The molecule has 5 nitrogen and oxygen atoms in total. The molecule has 1 saturated carbocycles. The number of benzene rings is 1. The molecule has 1 fully saturated rings. The van der Waals surface area contributed by atoms with E-state index in [1.807, 2.05) is 0 Å². The number of sulfone groups is 1. The topological polar surface area (TPSA) is 72.8 Å². The van der Waals surface area contributed by atoms with Crippen molar-refractivity contribution in [3.63, 3.8) is 0 Å². The van der Waals surface area contributed by atoms with E-state index in [4.69, 9.17) is 4.74 Å². The van der Waals surface area contributed by atoms with E-state index in [2.05, 4.69) is 4.99 Å². The molecule has 0 bridgehead atoms. The monoisotopic (exact) mass is 331 g/mol. The van der Waals surface area contributed by atoms with Crippen LogP contribution in [0.15, 0.2) is 16.0 Å². The molecule has 1 aromatic rings. The van der Waals surface area contributed by atoms with E-state index in [1.54, 1.807) is 0 Å². The maximum Gasteiger partial charge on any atom is 0.235 e. The minimum Gasteiger partial charge on any atom is -0.493 e. The van der Waals surface area contributed by atoms with Crippen LogP contribution < -0.4 is 4.74 Å². The largest absolute Gasteiger partial charge is 0.493 e. The van der Waals surface area contributed by atoms with Crippen LogP contribution in [0.5, 0.6) is 5.75 Å². The highest BCUT2D eigenvalue weighted by atomic mass is 32.2. The molecule has 2 rings (SSSR count). The highest BCUT2D eigenvalue weighted by Gasteiger charge is 2.41. The Hall–Kier alpha value is -1.79. The molecule has 1 aliphatic rings. The number of hydrogen-bond donors (Lipinski definition) is 0. The van der Waals surface area contributed by atoms with Crippen LogP contribution in [0.2, 0.25) is 0 Å². The van der Waals surface area contributed by atoms with Crippen LogP contribution in [0.3, 0.4) is 0 Å². The molecule has 0 aromatic heterocycles. The first-order valence-corrected chi connectivity index (χ1v) is 8.51. The van der Waals surface area contributed by atoms with Crippen LogP contribution >= 0.6 is 0 Å². The third kappa shape index (κ3) is 2.64. The van der Waals surface area contributed by atoms with Gasteiger partial charge in [-0.05, 0) is 18.9 Å². The summed E-state index contributed by atoms with van der Waals surface area (Å²) in [6.07, 6.45) is 4.43. The van der Waals surface area contributed by atoms with Gasteiger partial charge in [-0.2, -0.15) is 4.99 Å². The van der Waals surface area contributed by atoms with Gasteiger partial charge >= 0.3 is 0 Å². The number of aliphatic imine (C=N–C) groups is 1. The predicted octanol–water partition coefficient (Wildman–Crippen LogP) is 2.48. The standard InChI is InChI=1S/C14H15F2NO4S/c1-21-12-9(14(17-8-18)5-3-4-6-14)7-10(15)13(11(12)16)22(2,19)20/h7H,3-6H2,1-2H3. The molecular weight excluding hydrogens is 316 g/mol. The first-order chi connectivity index (χ1) is 10.3. The van der Waals surface area contributed by atoms with Gasteiger partial charge in [0, 0.05) is 11.8 Å². The molecule has 1 aromatic carbocycles. The van der Waals surface area contributed by atoms with Gasteiger partial charge in [-0.3, -0.25) is 0 Å². The van der Waals surface area contributed by atoms with Gasteiger partial charge in [-0.25, -0.2) is 22.0 Å². The summed E-state index contributed by atoms with van der Waals surface area (Å²) in [5.41, 5.74) is -1.08. The molecule has 0 heterocycles. The third-order valence-corrected chi connectivity index (χ3v) is 5.01. The van der Waals surface area contributed by atoms with E-state index in [0.717, 1.165) is 26.0 Å². The molecule has 120 valence electrons. The number of methoxy groups -OCH3 is 1. The van der Waals surface area contributed by atoms with Crippen molar-refractivity contribution >= 4 is 15.9 Å². The van der Waals surface area contributed by atoms with Gasteiger partial charge in [-0.1, -0.05) is 12.8 Å².